The van der Waals surface area contributed by atoms with E-state index in [0.29, 0.717) is 12.1 Å². The summed E-state index contributed by atoms with van der Waals surface area (Å²) in [6, 6.07) is 0.972. The van der Waals surface area contributed by atoms with Gasteiger partial charge in [-0.05, 0) is 26.0 Å². The van der Waals surface area contributed by atoms with Crippen LogP contribution in [0.25, 0.3) is 0 Å². The fraction of sp³-hybridized carbons (Fsp3) is 0.364. The minimum atomic E-state index is -4.95. The fourth-order valence-electron chi connectivity index (χ4n) is 1.82. The molecule has 0 saturated heterocycles. The molecular formula is C11H11F3N2O4S2. The molecule has 122 valence electrons. The Bertz CT molecular complexity index is 856. The molecule has 0 aliphatic carbocycles. The van der Waals surface area contributed by atoms with Crippen LogP contribution in [0.1, 0.15) is 19.4 Å². The van der Waals surface area contributed by atoms with E-state index in [-0.39, 0.29) is 5.69 Å². The third-order valence-electron chi connectivity index (χ3n) is 3.00. The molecule has 2 rings (SSSR count). The summed E-state index contributed by atoms with van der Waals surface area (Å²) in [5, 5.41) is 1.13. The largest absolute Gasteiger partial charge is 0.417 e. The summed E-state index contributed by atoms with van der Waals surface area (Å²) < 4.78 is 90.3. The molecule has 0 saturated carbocycles. The predicted molar refractivity (Wildman–Crippen MR) is 73.1 cm³/mol. The number of rotatable bonds is 2. The van der Waals surface area contributed by atoms with E-state index in [0.717, 1.165) is 6.34 Å². The number of sulfone groups is 1. The highest BCUT2D eigenvalue weighted by Gasteiger charge is 2.40. The van der Waals surface area contributed by atoms with Crippen LogP contribution in [0.15, 0.2) is 26.3 Å². The van der Waals surface area contributed by atoms with Crippen LogP contribution in [0.2, 0.25) is 0 Å². The van der Waals surface area contributed by atoms with Crippen LogP contribution in [-0.2, 0) is 26.0 Å². The first kappa shape index (κ1) is 16.7. The lowest BCUT2D eigenvalue weighted by atomic mass is 10.2. The maximum Gasteiger partial charge on any atom is 0.417 e. The first-order valence-electron chi connectivity index (χ1n) is 5.92. The van der Waals surface area contributed by atoms with Crippen molar-refractivity contribution in [2.75, 3.05) is 5.32 Å². The van der Waals surface area contributed by atoms with Gasteiger partial charge in [0.15, 0.2) is 9.84 Å². The zero-order chi connectivity index (χ0) is 16.9. The number of sulfonamides is 1. The average Bonchev–Trinajstić information content (AvgIpc) is 2.35. The summed E-state index contributed by atoms with van der Waals surface area (Å²) in [6.45, 7) is 2.42. The smallest absolute Gasteiger partial charge is 0.345 e. The molecule has 0 aromatic heterocycles. The van der Waals surface area contributed by atoms with Gasteiger partial charge < -0.3 is 5.32 Å². The van der Waals surface area contributed by atoms with E-state index in [2.05, 4.69) is 9.71 Å². The van der Waals surface area contributed by atoms with E-state index in [1.165, 1.54) is 13.8 Å². The average molecular weight is 356 g/mol. The van der Waals surface area contributed by atoms with Crippen LogP contribution in [0.3, 0.4) is 0 Å². The van der Waals surface area contributed by atoms with E-state index in [4.69, 9.17) is 0 Å². The lowest BCUT2D eigenvalue weighted by Gasteiger charge is -2.20. The summed E-state index contributed by atoms with van der Waals surface area (Å²) in [5.74, 6) is 0. The normalized spacial score (nSPS) is 17.2. The minimum absolute atomic E-state index is 0.370. The molecule has 0 spiro atoms. The highest BCUT2D eigenvalue weighted by Crippen LogP contribution is 2.40. The van der Waals surface area contributed by atoms with Gasteiger partial charge >= 0.3 is 6.18 Å². The first-order chi connectivity index (χ1) is 9.87. The maximum atomic E-state index is 13.1. The van der Waals surface area contributed by atoms with Crippen molar-refractivity contribution in [3.05, 3.63) is 17.7 Å². The van der Waals surface area contributed by atoms with Gasteiger partial charge in [-0.2, -0.15) is 21.6 Å². The molecular weight excluding hydrogens is 345 g/mol. The molecule has 1 heterocycles. The maximum absolute atomic E-state index is 13.1. The lowest BCUT2D eigenvalue weighted by Crippen LogP contribution is -2.22. The number of halogens is 3. The van der Waals surface area contributed by atoms with Crippen molar-refractivity contribution < 1.29 is 30.0 Å². The van der Waals surface area contributed by atoms with Crippen molar-refractivity contribution in [3.63, 3.8) is 0 Å². The minimum Gasteiger partial charge on any atom is -0.345 e. The number of nitrogens with one attached hydrogen (secondary N) is 1. The van der Waals surface area contributed by atoms with Crippen LogP contribution in [0.5, 0.6) is 0 Å². The van der Waals surface area contributed by atoms with Crippen molar-refractivity contribution in [2.24, 2.45) is 4.40 Å². The monoisotopic (exact) mass is 356 g/mol. The van der Waals surface area contributed by atoms with Gasteiger partial charge in [0.05, 0.1) is 21.4 Å². The Hall–Kier alpha value is -1.62. The van der Waals surface area contributed by atoms with Gasteiger partial charge in [-0.25, -0.2) is 8.42 Å². The Morgan fingerprint density at radius 3 is 2.32 bits per heavy atom. The second-order valence-corrected chi connectivity index (χ2v) is 8.86. The van der Waals surface area contributed by atoms with E-state index < -0.39 is 46.6 Å². The van der Waals surface area contributed by atoms with E-state index in [9.17, 15) is 30.0 Å². The zero-order valence-corrected chi connectivity index (χ0v) is 13.0. The summed E-state index contributed by atoms with van der Waals surface area (Å²) in [5.41, 5.74) is -1.79. The Balaban J connectivity index is 2.90. The number of hydrogen-bond acceptors (Lipinski definition) is 5. The first-order valence-corrected chi connectivity index (χ1v) is 8.90. The Morgan fingerprint density at radius 1 is 1.23 bits per heavy atom. The third-order valence-corrected chi connectivity index (χ3v) is 6.47. The van der Waals surface area contributed by atoms with Gasteiger partial charge in [0.2, 0.25) is 0 Å². The fourth-order valence-corrected chi connectivity index (χ4v) is 4.13. The highest BCUT2D eigenvalue weighted by molar-refractivity contribution is 7.92. The molecule has 0 bridgehead atoms. The van der Waals surface area contributed by atoms with Gasteiger partial charge in [0.25, 0.3) is 10.0 Å². The Morgan fingerprint density at radius 2 is 1.82 bits per heavy atom. The molecule has 1 aliphatic heterocycles. The SMILES string of the molecule is CC(C)S(=O)(=O)c1cc2c(cc1C(F)(F)F)NC=NS2(=O)=O. The van der Waals surface area contributed by atoms with Crippen molar-refractivity contribution in [1.82, 2.24) is 0 Å². The quantitative estimate of drug-likeness (QED) is 0.875. The topological polar surface area (TPSA) is 92.7 Å². The van der Waals surface area contributed by atoms with Crippen molar-refractivity contribution in [1.29, 1.82) is 0 Å². The number of fused-ring (bicyclic) bond motifs is 1. The van der Waals surface area contributed by atoms with Crippen LogP contribution >= 0.6 is 0 Å². The molecule has 1 N–H and O–H groups in total. The lowest BCUT2D eigenvalue weighted by molar-refractivity contribution is -0.139. The molecule has 6 nitrogen and oxygen atoms in total. The number of nitrogens with zero attached hydrogens (tertiary/aromatic N) is 1. The molecule has 0 fully saturated rings. The predicted octanol–water partition coefficient (Wildman–Crippen LogP) is 2.03. The molecule has 11 heteroatoms. The van der Waals surface area contributed by atoms with Gasteiger partial charge in [-0.15, -0.1) is 4.40 Å². The molecule has 0 unspecified atom stereocenters. The van der Waals surface area contributed by atoms with Gasteiger partial charge in [-0.3, -0.25) is 0 Å². The second kappa shape index (κ2) is 4.95. The van der Waals surface area contributed by atoms with E-state index in [1.807, 2.05) is 0 Å². The Kier molecular flexibility index (Phi) is 3.77. The van der Waals surface area contributed by atoms with E-state index >= 15 is 0 Å². The molecule has 0 atom stereocenters. The molecule has 1 aromatic carbocycles. The van der Waals surface area contributed by atoms with Crippen molar-refractivity contribution in [2.45, 2.75) is 35.1 Å². The van der Waals surface area contributed by atoms with Gasteiger partial charge in [-0.1, -0.05) is 0 Å². The standard InChI is InChI=1S/C11H11F3N2O4S2/c1-6(2)21(17,18)9-4-10-8(3-7(9)11(12,13)14)15-5-16-22(10,19)20/h3-6H,1-2H3,(H,15,16). The van der Waals surface area contributed by atoms with Crippen LogP contribution < -0.4 is 5.32 Å². The van der Waals surface area contributed by atoms with Crippen LogP contribution in [0, 0.1) is 0 Å². The summed E-state index contributed by atoms with van der Waals surface area (Å²) in [7, 11) is -8.58. The number of benzene rings is 1. The molecule has 0 amide bonds. The second-order valence-electron chi connectivity index (χ2n) is 4.79. The number of alkyl halides is 3. The van der Waals surface area contributed by atoms with E-state index in [1.54, 1.807) is 0 Å². The van der Waals surface area contributed by atoms with Crippen molar-refractivity contribution in [3.8, 4) is 0 Å². The number of anilines is 1. The van der Waals surface area contributed by atoms with Crippen LogP contribution in [0.4, 0.5) is 18.9 Å². The Labute approximate surface area is 125 Å². The number of hydrogen-bond donors (Lipinski definition) is 1. The summed E-state index contributed by atoms with van der Waals surface area (Å²) >= 11 is 0. The third kappa shape index (κ3) is 2.70. The van der Waals surface area contributed by atoms with Gasteiger partial charge in [0.1, 0.15) is 11.2 Å². The molecule has 1 aromatic rings. The molecule has 22 heavy (non-hydrogen) atoms. The summed E-state index contributed by atoms with van der Waals surface area (Å²) in [4.78, 5) is -1.68. The van der Waals surface area contributed by atoms with Gasteiger partial charge in [0, 0.05) is 0 Å². The van der Waals surface area contributed by atoms with Crippen LogP contribution in [-0.4, -0.2) is 28.4 Å². The molecule has 0 radical (unpaired) electrons. The molecule has 1 aliphatic rings. The summed E-state index contributed by atoms with van der Waals surface area (Å²) in [6.07, 6.45) is -4.22. The highest BCUT2D eigenvalue weighted by atomic mass is 32.2. The van der Waals surface area contributed by atoms with Crippen molar-refractivity contribution >= 4 is 31.9 Å². The zero-order valence-electron chi connectivity index (χ0n) is 11.3.